The third-order valence-corrected chi connectivity index (χ3v) is 3.19. The van der Waals surface area contributed by atoms with Crippen LogP contribution in [-0.4, -0.2) is 5.78 Å². The number of ketones is 1. The fourth-order valence-corrected chi connectivity index (χ4v) is 1.98. The van der Waals surface area contributed by atoms with Crippen LogP contribution in [0.2, 0.25) is 5.02 Å². The van der Waals surface area contributed by atoms with Crippen LogP contribution >= 0.6 is 11.6 Å². The maximum absolute atomic E-state index is 13.0. The molecule has 0 saturated carbocycles. The molecule has 1 nitrogen and oxygen atoms in total. The highest BCUT2D eigenvalue weighted by atomic mass is 35.5. The maximum atomic E-state index is 13.0. The number of hydrogen-bond donors (Lipinski definition) is 0. The van der Waals surface area contributed by atoms with E-state index in [9.17, 15) is 13.6 Å². The standard InChI is InChI=1S/C15H11ClF2O/c1-9-6-12(17)4-2-10(9)8-15(19)11-3-5-14(18)13(16)7-11/h2-7H,8H2,1H3. The summed E-state index contributed by atoms with van der Waals surface area (Å²) in [6, 6.07) is 8.12. The maximum Gasteiger partial charge on any atom is 0.167 e. The third-order valence-electron chi connectivity index (χ3n) is 2.90. The van der Waals surface area contributed by atoms with Crippen LogP contribution in [0.25, 0.3) is 0 Å². The van der Waals surface area contributed by atoms with Gasteiger partial charge in [0.15, 0.2) is 5.78 Å². The molecular formula is C15H11ClF2O. The van der Waals surface area contributed by atoms with Crippen LogP contribution in [-0.2, 0) is 6.42 Å². The Morgan fingerprint density at radius 1 is 1.16 bits per heavy atom. The summed E-state index contributed by atoms with van der Waals surface area (Å²) < 4.78 is 26.0. The van der Waals surface area contributed by atoms with E-state index < -0.39 is 5.82 Å². The van der Waals surface area contributed by atoms with E-state index in [0.717, 1.165) is 11.6 Å². The van der Waals surface area contributed by atoms with Crippen molar-refractivity contribution >= 4 is 17.4 Å². The summed E-state index contributed by atoms with van der Waals surface area (Å²) >= 11 is 5.64. The number of Topliss-reactive ketones (excluding diaryl/α,β-unsaturated/α-hetero) is 1. The molecule has 2 aromatic rings. The van der Waals surface area contributed by atoms with Crippen LogP contribution < -0.4 is 0 Å². The van der Waals surface area contributed by atoms with Gasteiger partial charge >= 0.3 is 0 Å². The molecule has 0 atom stereocenters. The summed E-state index contributed by atoms with van der Waals surface area (Å²) in [4.78, 5) is 12.0. The Morgan fingerprint density at radius 3 is 2.53 bits per heavy atom. The second-order valence-electron chi connectivity index (χ2n) is 4.30. The van der Waals surface area contributed by atoms with Crippen molar-refractivity contribution in [1.29, 1.82) is 0 Å². The van der Waals surface area contributed by atoms with Crippen LogP contribution in [0, 0.1) is 18.6 Å². The second-order valence-corrected chi connectivity index (χ2v) is 4.71. The van der Waals surface area contributed by atoms with Gasteiger partial charge < -0.3 is 0 Å². The van der Waals surface area contributed by atoms with Crippen molar-refractivity contribution in [3.05, 3.63) is 69.7 Å². The van der Waals surface area contributed by atoms with Gasteiger partial charge in [-0.3, -0.25) is 4.79 Å². The molecule has 0 aliphatic carbocycles. The first-order valence-electron chi connectivity index (χ1n) is 5.70. The van der Waals surface area contributed by atoms with E-state index in [1.807, 2.05) is 0 Å². The number of rotatable bonds is 3. The molecule has 0 amide bonds. The van der Waals surface area contributed by atoms with E-state index in [0.29, 0.717) is 11.1 Å². The molecule has 0 unspecified atom stereocenters. The highest BCUT2D eigenvalue weighted by Crippen LogP contribution is 2.18. The zero-order chi connectivity index (χ0) is 14.0. The Bertz CT molecular complexity index is 638. The van der Waals surface area contributed by atoms with Gasteiger partial charge in [-0.05, 0) is 48.4 Å². The number of carbonyl (C=O) groups is 1. The van der Waals surface area contributed by atoms with E-state index in [2.05, 4.69) is 0 Å². The average Bonchev–Trinajstić information content (AvgIpc) is 2.36. The molecular weight excluding hydrogens is 270 g/mol. The number of aryl methyl sites for hydroxylation is 1. The molecule has 0 saturated heterocycles. The van der Waals surface area contributed by atoms with Crippen molar-refractivity contribution in [1.82, 2.24) is 0 Å². The SMILES string of the molecule is Cc1cc(F)ccc1CC(=O)c1ccc(F)c(Cl)c1. The largest absolute Gasteiger partial charge is 0.294 e. The molecule has 0 spiro atoms. The Kier molecular flexibility index (Phi) is 3.96. The molecule has 0 aliphatic rings. The summed E-state index contributed by atoms with van der Waals surface area (Å²) in [5, 5.41) is -0.0818. The average molecular weight is 281 g/mol. The molecule has 0 aliphatic heterocycles. The molecule has 0 N–H and O–H groups in total. The van der Waals surface area contributed by atoms with E-state index in [1.54, 1.807) is 13.0 Å². The molecule has 4 heteroatoms. The molecule has 2 aromatic carbocycles. The van der Waals surface area contributed by atoms with Crippen LogP contribution in [0.15, 0.2) is 36.4 Å². The fourth-order valence-electron chi connectivity index (χ4n) is 1.80. The first kappa shape index (κ1) is 13.7. The van der Waals surface area contributed by atoms with Crippen molar-refractivity contribution < 1.29 is 13.6 Å². The smallest absolute Gasteiger partial charge is 0.167 e. The minimum Gasteiger partial charge on any atom is -0.294 e. The van der Waals surface area contributed by atoms with E-state index in [1.165, 1.54) is 24.3 Å². The van der Waals surface area contributed by atoms with E-state index >= 15 is 0 Å². The first-order chi connectivity index (χ1) is 8.97. The lowest BCUT2D eigenvalue weighted by Crippen LogP contribution is -2.05. The Balaban J connectivity index is 2.23. The minimum atomic E-state index is -0.559. The van der Waals surface area contributed by atoms with Gasteiger partial charge in [-0.25, -0.2) is 8.78 Å². The Morgan fingerprint density at radius 2 is 1.89 bits per heavy atom. The fraction of sp³-hybridized carbons (Fsp3) is 0.133. The molecule has 0 aromatic heterocycles. The number of carbonyl (C=O) groups excluding carboxylic acids is 1. The summed E-state index contributed by atoms with van der Waals surface area (Å²) in [6.07, 6.45) is 0.133. The van der Waals surface area contributed by atoms with Gasteiger partial charge in [0.2, 0.25) is 0 Å². The summed E-state index contributed by atoms with van der Waals surface area (Å²) in [5.74, 6) is -1.08. The molecule has 0 bridgehead atoms. The minimum absolute atomic E-state index is 0.0818. The van der Waals surface area contributed by atoms with Crippen molar-refractivity contribution in [2.24, 2.45) is 0 Å². The zero-order valence-electron chi connectivity index (χ0n) is 10.2. The molecule has 0 heterocycles. The molecule has 2 rings (SSSR count). The first-order valence-corrected chi connectivity index (χ1v) is 6.08. The van der Waals surface area contributed by atoms with Gasteiger partial charge in [0.1, 0.15) is 11.6 Å². The van der Waals surface area contributed by atoms with Gasteiger partial charge in [0.25, 0.3) is 0 Å². The molecule has 0 fully saturated rings. The van der Waals surface area contributed by atoms with Crippen molar-refractivity contribution in [2.45, 2.75) is 13.3 Å². The van der Waals surface area contributed by atoms with Crippen molar-refractivity contribution in [2.75, 3.05) is 0 Å². The van der Waals surface area contributed by atoms with Gasteiger partial charge in [-0.2, -0.15) is 0 Å². The van der Waals surface area contributed by atoms with Gasteiger partial charge in [0, 0.05) is 12.0 Å². The predicted molar refractivity (Wildman–Crippen MR) is 70.6 cm³/mol. The Hall–Kier alpha value is -1.74. The Labute approximate surface area is 114 Å². The lowest BCUT2D eigenvalue weighted by atomic mass is 9.99. The second kappa shape index (κ2) is 5.49. The van der Waals surface area contributed by atoms with Crippen LogP contribution in [0.1, 0.15) is 21.5 Å². The van der Waals surface area contributed by atoms with E-state index in [-0.39, 0.29) is 23.0 Å². The highest BCUT2D eigenvalue weighted by molar-refractivity contribution is 6.31. The van der Waals surface area contributed by atoms with Crippen LogP contribution in [0.5, 0.6) is 0 Å². The van der Waals surface area contributed by atoms with Crippen molar-refractivity contribution in [3.63, 3.8) is 0 Å². The quantitative estimate of drug-likeness (QED) is 0.764. The van der Waals surface area contributed by atoms with E-state index in [4.69, 9.17) is 11.6 Å². The van der Waals surface area contributed by atoms with Gasteiger partial charge in [-0.1, -0.05) is 17.7 Å². The lowest BCUT2D eigenvalue weighted by Gasteiger charge is -2.06. The highest BCUT2D eigenvalue weighted by Gasteiger charge is 2.11. The lowest BCUT2D eigenvalue weighted by molar-refractivity contribution is 0.0992. The topological polar surface area (TPSA) is 17.1 Å². The summed E-state index contributed by atoms with van der Waals surface area (Å²) in [6.45, 7) is 1.74. The number of benzene rings is 2. The summed E-state index contributed by atoms with van der Waals surface area (Å²) in [7, 11) is 0. The normalized spacial score (nSPS) is 10.5. The zero-order valence-corrected chi connectivity index (χ0v) is 11.0. The molecule has 98 valence electrons. The number of halogens is 3. The van der Waals surface area contributed by atoms with Crippen molar-refractivity contribution in [3.8, 4) is 0 Å². The molecule has 0 radical (unpaired) electrons. The predicted octanol–water partition coefficient (Wildman–Crippen LogP) is 4.35. The number of hydrogen-bond acceptors (Lipinski definition) is 1. The van der Waals surface area contributed by atoms with Crippen LogP contribution in [0.3, 0.4) is 0 Å². The van der Waals surface area contributed by atoms with Gasteiger partial charge in [-0.15, -0.1) is 0 Å². The van der Waals surface area contributed by atoms with Crippen LogP contribution in [0.4, 0.5) is 8.78 Å². The monoisotopic (exact) mass is 280 g/mol. The summed E-state index contributed by atoms with van der Waals surface area (Å²) in [5.41, 5.74) is 1.79. The van der Waals surface area contributed by atoms with Gasteiger partial charge in [0.05, 0.1) is 5.02 Å². The molecule has 19 heavy (non-hydrogen) atoms. The third kappa shape index (κ3) is 3.18.